The average molecular weight is 299 g/mol. The highest BCUT2D eigenvalue weighted by atomic mass is 79.9. The number of aromatic hydroxyl groups is 1. The first-order chi connectivity index (χ1) is 7.66. The van der Waals surface area contributed by atoms with E-state index in [1.807, 2.05) is 0 Å². The van der Waals surface area contributed by atoms with Gasteiger partial charge in [0.2, 0.25) is 4.77 Å². The molecule has 0 radical (unpaired) electrons. The lowest BCUT2D eigenvalue weighted by Crippen LogP contribution is -1.90. The fraction of sp³-hybridized carbons (Fsp3) is 0. The first kappa shape index (κ1) is 11.0. The Kier molecular flexibility index (Phi) is 3.16. The van der Waals surface area contributed by atoms with Gasteiger partial charge in [-0.25, -0.2) is 0 Å². The topological polar surface area (TPSA) is 66.2 Å². The second kappa shape index (κ2) is 4.58. The lowest BCUT2D eigenvalue weighted by atomic mass is 10.2. The minimum atomic E-state index is 0.181. The van der Waals surface area contributed by atoms with Crippen molar-refractivity contribution in [3.8, 4) is 5.75 Å². The molecule has 0 saturated heterocycles. The molecule has 1 heterocycles. The predicted octanol–water partition coefficient (Wildman–Crippen LogP) is 2.29. The molecule has 82 valence electrons. The molecule has 0 aliphatic carbocycles. The first-order valence-corrected chi connectivity index (χ1v) is 5.52. The first-order valence-electron chi connectivity index (χ1n) is 4.32. The molecule has 16 heavy (non-hydrogen) atoms. The number of nitrogens with one attached hydrogen (secondary N) is 1. The number of hydrogen-bond acceptors (Lipinski definition) is 4. The van der Waals surface area contributed by atoms with E-state index in [0.717, 1.165) is 10.0 Å². The van der Waals surface area contributed by atoms with Crippen molar-refractivity contribution < 1.29 is 5.11 Å². The van der Waals surface area contributed by atoms with Crippen LogP contribution in [0.15, 0.2) is 34.1 Å². The second-order valence-corrected chi connectivity index (χ2v) is 4.20. The Balaban J connectivity index is 2.34. The van der Waals surface area contributed by atoms with E-state index in [-0.39, 0.29) is 5.75 Å². The van der Waals surface area contributed by atoms with Gasteiger partial charge in [0, 0.05) is 10.0 Å². The van der Waals surface area contributed by atoms with E-state index in [4.69, 9.17) is 12.2 Å². The van der Waals surface area contributed by atoms with Crippen LogP contribution in [0.2, 0.25) is 0 Å². The van der Waals surface area contributed by atoms with Crippen molar-refractivity contribution in [3.05, 3.63) is 39.3 Å². The van der Waals surface area contributed by atoms with E-state index >= 15 is 0 Å². The van der Waals surface area contributed by atoms with Crippen LogP contribution in [-0.4, -0.2) is 26.2 Å². The summed E-state index contributed by atoms with van der Waals surface area (Å²) in [7, 11) is 0. The zero-order valence-corrected chi connectivity index (χ0v) is 10.4. The summed E-state index contributed by atoms with van der Waals surface area (Å²) in [5.41, 5.74) is 0.753. The van der Waals surface area contributed by atoms with E-state index in [9.17, 15) is 5.11 Å². The Hall–Kier alpha value is -1.47. The largest absolute Gasteiger partial charge is 0.508 e. The maximum atomic E-state index is 9.32. The van der Waals surface area contributed by atoms with E-state index in [0.29, 0.717) is 4.77 Å². The minimum Gasteiger partial charge on any atom is -0.508 e. The number of nitrogens with zero attached hydrogens (tertiary/aromatic N) is 3. The minimum absolute atomic E-state index is 0.181. The highest BCUT2D eigenvalue weighted by Crippen LogP contribution is 2.19. The summed E-state index contributed by atoms with van der Waals surface area (Å²) in [5, 5.41) is 19.7. The molecular formula is C9H7BrN4OS. The predicted molar refractivity (Wildman–Crippen MR) is 66.2 cm³/mol. The van der Waals surface area contributed by atoms with E-state index in [1.165, 1.54) is 11.0 Å². The molecule has 5 nitrogen and oxygen atoms in total. The summed E-state index contributed by atoms with van der Waals surface area (Å²) >= 11 is 8.28. The lowest BCUT2D eigenvalue weighted by Gasteiger charge is -1.98. The SMILES string of the molecule is Oc1ccc(Br)c(/C=N\n2cn[nH]c2=S)c1. The summed E-state index contributed by atoms with van der Waals surface area (Å²) in [4.78, 5) is 0. The molecule has 0 saturated carbocycles. The van der Waals surface area contributed by atoms with Gasteiger partial charge in [0.05, 0.1) is 6.21 Å². The zero-order valence-electron chi connectivity index (χ0n) is 7.96. The Morgan fingerprint density at radius 1 is 1.56 bits per heavy atom. The number of halogens is 1. The van der Waals surface area contributed by atoms with E-state index in [1.54, 1.807) is 24.4 Å². The molecule has 2 rings (SSSR count). The maximum absolute atomic E-state index is 9.32. The molecule has 1 aromatic carbocycles. The third-order valence-electron chi connectivity index (χ3n) is 1.84. The standard InChI is InChI=1S/C9H7BrN4OS/c10-8-2-1-7(15)3-6(8)4-12-14-5-11-13-9(14)16/h1-5,15H,(H,13,16)/b12-4-. The van der Waals surface area contributed by atoms with Gasteiger partial charge in [0.1, 0.15) is 12.1 Å². The van der Waals surface area contributed by atoms with Crippen LogP contribution in [0, 0.1) is 4.77 Å². The average Bonchev–Trinajstić information content (AvgIpc) is 2.66. The van der Waals surface area contributed by atoms with Gasteiger partial charge in [-0.2, -0.15) is 14.9 Å². The zero-order chi connectivity index (χ0) is 11.5. The van der Waals surface area contributed by atoms with Gasteiger partial charge in [0.15, 0.2) is 0 Å². The third-order valence-corrected chi connectivity index (χ3v) is 2.84. The Labute approximate surface area is 105 Å². The fourth-order valence-electron chi connectivity index (χ4n) is 1.08. The van der Waals surface area contributed by atoms with Crippen molar-refractivity contribution in [2.75, 3.05) is 0 Å². The number of hydrogen-bond donors (Lipinski definition) is 2. The monoisotopic (exact) mass is 298 g/mol. The molecule has 7 heteroatoms. The summed E-state index contributed by atoms with van der Waals surface area (Å²) < 4.78 is 2.67. The highest BCUT2D eigenvalue weighted by molar-refractivity contribution is 9.10. The number of H-pyrrole nitrogens is 1. The Bertz CT molecular complexity index is 589. The number of phenolic OH excluding ortho intramolecular Hbond substituents is 1. The van der Waals surface area contributed by atoms with Crippen molar-refractivity contribution in [1.82, 2.24) is 14.9 Å². The van der Waals surface area contributed by atoms with Gasteiger partial charge in [-0.1, -0.05) is 15.9 Å². The Morgan fingerprint density at radius 2 is 2.38 bits per heavy atom. The third kappa shape index (κ3) is 2.37. The summed E-state index contributed by atoms with van der Waals surface area (Å²) in [6.45, 7) is 0. The molecule has 2 aromatic rings. The van der Waals surface area contributed by atoms with Gasteiger partial charge < -0.3 is 5.11 Å². The van der Waals surface area contributed by atoms with Crippen LogP contribution >= 0.6 is 28.1 Å². The van der Waals surface area contributed by atoms with Gasteiger partial charge in [0.25, 0.3) is 0 Å². The van der Waals surface area contributed by atoms with Crippen molar-refractivity contribution in [3.63, 3.8) is 0 Å². The smallest absolute Gasteiger partial charge is 0.216 e. The highest BCUT2D eigenvalue weighted by Gasteiger charge is 1.98. The van der Waals surface area contributed by atoms with Crippen LogP contribution in [0.1, 0.15) is 5.56 Å². The van der Waals surface area contributed by atoms with Crippen molar-refractivity contribution in [2.45, 2.75) is 0 Å². The quantitative estimate of drug-likeness (QED) is 0.660. The van der Waals surface area contributed by atoms with Crippen LogP contribution in [0.3, 0.4) is 0 Å². The van der Waals surface area contributed by atoms with Crippen LogP contribution in [-0.2, 0) is 0 Å². The molecule has 0 atom stereocenters. The summed E-state index contributed by atoms with van der Waals surface area (Å²) in [6.07, 6.45) is 3.05. The van der Waals surface area contributed by atoms with E-state index in [2.05, 4.69) is 31.2 Å². The molecule has 0 bridgehead atoms. The molecule has 0 aliphatic rings. The number of phenols is 1. The van der Waals surface area contributed by atoms with Crippen LogP contribution < -0.4 is 0 Å². The number of aromatic amines is 1. The van der Waals surface area contributed by atoms with E-state index < -0.39 is 0 Å². The molecule has 0 fully saturated rings. The van der Waals surface area contributed by atoms with Crippen molar-refractivity contribution in [2.24, 2.45) is 5.10 Å². The maximum Gasteiger partial charge on any atom is 0.216 e. The molecule has 0 spiro atoms. The van der Waals surface area contributed by atoms with Gasteiger partial charge in [-0.15, -0.1) is 0 Å². The molecular weight excluding hydrogens is 292 g/mol. The number of rotatable bonds is 2. The summed E-state index contributed by atoms with van der Waals surface area (Å²) in [6, 6.07) is 4.92. The normalized spacial score (nSPS) is 11.1. The number of benzene rings is 1. The molecule has 2 N–H and O–H groups in total. The second-order valence-electron chi connectivity index (χ2n) is 2.96. The Morgan fingerprint density at radius 3 is 3.06 bits per heavy atom. The summed E-state index contributed by atoms with van der Waals surface area (Å²) in [5.74, 6) is 0.181. The molecule has 0 aliphatic heterocycles. The van der Waals surface area contributed by atoms with Crippen molar-refractivity contribution >= 4 is 34.4 Å². The fourth-order valence-corrected chi connectivity index (χ4v) is 1.58. The van der Waals surface area contributed by atoms with Crippen molar-refractivity contribution in [1.29, 1.82) is 0 Å². The molecule has 0 amide bonds. The van der Waals surface area contributed by atoms with Crippen LogP contribution in [0.5, 0.6) is 5.75 Å². The van der Waals surface area contributed by atoms with Crippen LogP contribution in [0.25, 0.3) is 0 Å². The van der Waals surface area contributed by atoms with Gasteiger partial charge in [-0.3, -0.25) is 5.10 Å². The van der Waals surface area contributed by atoms with Crippen LogP contribution in [0.4, 0.5) is 0 Å². The van der Waals surface area contributed by atoms with Gasteiger partial charge in [-0.05, 0) is 30.4 Å². The lowest BCUT2D eigenvalue weighted by molar-refractivity contribution is 0.475. The van der Waals surface area contributed by atoms with Gasteiger partial charge >= 0.3 is 0 Å². The molecule has 1 aromatic heterocycles. The number of aromatic nitrogens is 3. The molecule has 0 unspecified atom stereocenters.